The molecule has 6 rings (SSSR count). The van der Waals surface area contributed by atoms with E-state index in [1.54, 1.807) is 18.2 Å². The first-order valence-corrected chi connectivity index (χ1v) is 9.79. The fourth-order valence-electron chi connectivity index (χ4n) is 5.08. The van der Waals surface area contributed by atoms with E-state index in [0.29, 0.717) is 19.7 Å². The average Bonchev–Trinajstić information content (AvgIpc) is 3.31. The summed E-state index contributed by atoms with van der Waals surface area (Å²) in [4.78, 5) is 50.1. The van der Waals surface area contributed by atoms with Crippen LogP contribution in [0, 0.1) is 5.41 Å². The van der Waals surface area contributed by atoms with Crippen molar-refractivity contribution in [1.82, 2.24) is 10.2 Å². The Balaban J connectivity index is 1.31. The van der Waals surface area contributed by atoms with Gasteiger partial charge in [0.25, 0.3) is 11.8 Å². The Labute approximate surface area is 166 Å². The lowest BCUT2D eigenvalue weighted by Crippen LogP contribution is -2.54. The van der Waals surface area contributed by atoms with Gasteiger partial charge in [-0.2, -0.15) is 0 Å². The Bertz CT molecular complexity index is 952. The molecule has 1 saturated carbocycles. The Hall–Kier alpha value is -2.78. The van der Waals surface area contributed by atoms with Crippen LogP contribution in [0.3, 0.4) is 0 Å². The van der Waals surface area contributed by atoms with Crippen LogP contribution in [0.4, 0.5) is 5.69 Å². The van der Waals surface area contributed by atoms with Gasteiger partial charge >= 0.3 is 0 Å². The Morgan fingerprint density at radius 3 is 2.62 bits per heavy atom. The van der Waals surface area contributed by atoms with E-state index in [0.717, 1.165) is 23.4 Å². The summed E-state index contributed by atoms with van der Waals surface area (Å²) in [7, 11) is 0. The molecule has 2 bridgehead atoms. The number of ether oxygens (including phenoxy) is 1. The largest absolute Gasteiger partial charge is 0.384 e. The van der Waals surface area contributed by atoms with Gasteiger partial charge < -0.3 is 15.8 Å². The molecule has 29 heavy (non-hydrogen) atoms. The topological polar surface area (TPSA) is 131 Å². The summed E-state index contributed by atoms with van der Waals surface area (Å²) < 4.78 is 5.83. The number of fused-ring (bicyclic) bond motifs is 2. The van der Waals surface area contributed by atoms with Crippen molar-refractivity contribution >= 4 is 29.3 Å². The Kier molecular flexibility index (Phi) is 3.85. The molecule has 4 heterocycles. The Morgan fingerprint density at radius 2 is 1.93 bits per heavy atom. The van der Waals surface area contributed by atoms with Gasteiger partial charge in [-0.25, -0.2) is 0 Å². The molecule has 4 aliphatic heterocycles. The third kappa shape index (κ3) is 2.68. The highest BCUT2D eigenvalue weighted by atomic mass is 16.5. The van der Waals surface area contributed by atoms with E-state index in [9.17, 15) is 19.2 Å². The van der Waals surface area contributed by atoms with Crippen LogP contribution in [0.1, 0.15) is 46.4 Å². The first-order chi connectivity index (χ1) is 13.9. The summed E-state index contributed by atoms with van der Waals surface area (Å²) >= 11 is 0. The second kappa shape index (κ2) is 6.11. The van der Waals surface area contributed by atoms with Gasteiger partial charge in [-0.15, -0.1) is 0 Å². The van der Waals surface area contributed by atoms with E-state index >= 15 is 0 Å². The van der Waals surface area contributed by atoms with E-state index in [1.165, 1.54) is 0 Å². The predicted octanol–water partition coefficient (Wildman–Crippen LogP) is 0.00760. The number of nitrogens with two attached hydrogens (primary N) is 1. The third-order valence-corrected chi connectivity index (χ3v) is 6.56. The highest BCUT2D eigenvalue weighted by Crippen LogP contribution is 2.57. The SMILES string of the molecule is NCC12CC(CNc3ccc4c(c3)C(=O)N(C3CCC(=O)NC3=O)C4=O)(CO1)C2. The lowest BCUT2D eigenvalue weighted by molar-refractivity contribution is -0.136. The monoisotopic (exact) mass is 398 g/mol. The number of anilines is 1. The molecule has 152 valence electrons. The lowest BCUT2D eigenvalue weighted by atomic mass is 9.62. The van der Waals surface area contributed by atoms with E-state index < -0.39 is 23.8 Å². The quantitative estimate of drug-likeness (QED) is 0.596. The number of rotatable bonds is 5. The number of amides is 4. The number of nitrogens with one attached hydrogen (secondary N) is 2. The molecular weight excluding hydrogens is 376 g/mol. The number of hydrogen-bond acceptors (Lipinski definition) is 7. The first-order valence-electron chi connectivity index (χ1n) is 9.79. The number of imide groups is 2. The summed E-state index contributed by atoms with van der Waals surface area (Å²) in [5, 5.41) is 5.55. The van der Waals surface area contributed by atoms with E-state index in [1.807, 2.05) is 0 Å². The van der Waals surface area contributed by atoms with E-state index in [4.69, 9.17) is 10.5 Å². The maximum atomic E-state index is 12.9. The normalized spacial score (nSPS) is 32.9. The van der Waals surface area contributed by atoms with Crippen LogP contribution in [-0.4, -0.2) is 59.9 Å². The van der Waals surface area contributed by atoms with Crippen molar-refractivity contribution in [2.24, 2.45) is 11.1 Å². The molecule has 1 aromatic carbocycles. The second-order valence-electron chi connectivity index (χ2n) is 8.59. The van der Waals surface area contributed by atoms with E-state index in [-0.39, 0.29) is 40.9 Å². The summed E-state index contributed by atoms with van der Waals surface area (Å²) in [6.45, 7) is 1.90. The molecule has 1 aliphatic carbocycles. The third-order valence-electron chi connectivity index (χ3n) is 6.56. The van der Waals surface area contributed by atoms with Crippen molar-refractivity contribution in [2.75, 3.05) is 25.0 Å². The minimum Gasteiger partial charge on any atom is -0.384 e. The van der Waals surface area contributed by atoms with Crippen molar-refractivity contribution in [2.45, 2.75) is 37.3 Å². The van der Waals surface area contributed by atoms with Crippen LogP contribution >= 0.6 is 0 Å². The zero-order chi connectivity index (χ0) is 20.4. The molecule has 1 aromatic rings. The van der Waals surface area contributed by atoms with Crippen molar-refractivity contribution < 1.29 is 23.9 Å². The lowest BCUT2D eigenvalue weighted by Gasteiger charge is -2.44. The molecule has 4 fully saturated rings. The van der Waals surface area contributed by atoms with Gasteiger partial charge in [-0.1, -0.05) is 0 Å². The van der Waals surface area contributed by atoms with Gasteiger partial charge in [0, 0.05) is 30.6 Å². The molecule has 0 aromatic heterocycles. The molecule has 1 atom stereocenters. The van der Waals surface area contributed by atoms with Crippen LogP contribution in [0.25, 0.3) is 0 Å². The minimum atomic E-state index is -0.953. The fraction of sp³-hybridized carbons (Fsp3) is 0.500. The first kappa shape index (κ1) is 18.3. The van der Waals surface area contributed by atoms with Crippen molar-refractivity contribution in [1.29, 1.82) is 0 Å². The second-order valence-corrected chi connectivity index (χ2v) is 8.59. The average molecular weight is 398 g/mol. The summed E-state index contributed by atoms with van der Waals surface area (Å²) in [5.41, 5.74) is 6.98. The predicted molar refractivity (Wildman–Crippen MR) is 101 cm³/mol. The molecule has 3 saturated heterocycles. The van der Waals surface area contributed by atoms with Crippen LogP contribution < -0.4 is 16.4 Å². The standard InChI is InChI=1S/C20H22N4O5/c21-8-20-6-19(7-20,10-29-20)9-22-11-1-2-12-13(5-11)18(28)24(17(12)27)14-3-4-15(25)23-16(14)26/h1-2,5,14,22H,3-4,6-10,21H2,(H,23,25,26). The molecule has 9 heteroatoms. The van der Waals surface area contributed by atoms with Gasteiger partial charge in [0.15, 0.2) is 0 Å². The fourth-order valence-corrected chi connectivity index (χ4v) is 5.08. The van der Waals surface area contributed by atoms with Crippen LogP contribution in [0.2, 0.25) is 0 Å². The van der Waals surface area contributed by atoms with Gasteiger partial charge in [0.05, 0.1) is 23.3 Å². The molecule has 9 nitrogen and oxygen atoms in total. The number of hydrogen-bond donors (Lipinski definition) is 3. The summed E-state index contributed by atoms with van der Waals surface area (Å²) in [6.07, 6.45) is 2.10. The number of carbonyl (C=O) groups excluding carboxylic acids is 4. The smallest absolute Gasteiger partial charge is 0.262 e. The van der Waals surface area contributed by atoms with Crippen molar-refractivity contribution in [3.63, 3.8) is 0 Å². The maximum absolute atomic E-state index is 12.9. The van der Waals surface area contributed by atoms with Gasteiger partial charge in [-0.3, -0.25) is 29.4 Å². The highest BCUT2D eigenvalue weighted by Gasteiger charge is 2.61. The zero-order valence-electron chi connectivity index (χ0n) is 15.8. The Morgan fingerprint density at radius 1 is 1.17 bits per heavy atom. The molecule has 1 unspecified atom stereocenters. The molecule has 0 radical (unpaired) electrons. The highest BCUT2D eigenvalue weighted by molar-refractivity contribution is 6.23. The van der Waals surface area contributed by atoms with Gasteiger partial charge in [0.2, 0.25) is 11.8 Å². The van der Waals surface area contributed by atoms with Gasteiger partial charge in [-0.05, 0) is 37.5 Å². The zero-order valence-corrected chi connectivity index (χ0v) is 15.8. The number of carbonyl (C=O) groups is 4. The van der Waals surface area contributed by atoms with Crippen LogP contribution in [-0.2, 0) is 14.3 Å². The minimum absolute atomic E-state index is 0.0664. The molecule has 4 N–H and O–H groups in total. The van der Waals surface area contributed by atoms with Gasteiger partial charge in [0.1, 0.15) is 6.04 Å². The van der Waals surface area contributed by atoms with E-state index in [2.05, 4.69) is 10.6 Å². The molecule has 4 amide bonds. The molecular formula is C20H22N4O5. The van der Waals surface area contributed by atoms with Crippen molar-refractivity contribution in [3.8, 4) is 0 Å². The summed E-state index contributed by atoms with van der Waals surface area (Å²) in [5.74, 6) is -2.00. The molecule has 0 spiro atoms. The molecule has 5 aliphatic rings. The number of benzene rings is 1. The maximum Gasteiger partial charge on any atom is 0.262 e. The van der Waals surface area contributed by atoms with Crippen LogP contribution in [0.15, 0.2) is 18.2 Å². The van der Waals surface area contributed by atoms with Crippen molar-refractivity contribution in [3.05, 3.63) is 29.3 Å². The number of nitrogens with zero attached hydrogens (tertiary/aromatic N) is 1. The summed E-state index contributed by atoms with van der Waals surface area (Å²) in [6, 6.07) is 4.07. The number of piperidine rings is 1. The van der Waals surface area contributed by atoms with Crippen LogP contribution in [0.5, 0.6) is 0 Å².